The molecule has 0 bridgehead atoms. The van der Waals surface area contributed by atoms with E-state index in [9.17, 15) is 15.2 Å². The van der Waals surface area contributed by atoms with Crippen LogP contribution in [-0.4, -0.2) is 40.7 Å². The Bertz CT molecular complexity index is 702. The van der Waals surface area contributed by atoms with E-state index in [-0.39, 0.29) is 12.3 Å². The van der Waals surface area contributed by atoms with E-state index in [2.05, 4.69) is 23.1 Å². The fourth-order valence-electron chi connectivity index (χ4n) is 2.92. The predicted molar refractivity (Wildman–Crippen MR) is 90.0 cm³/mol. The fourth-order valence-corrected chi connectivity index (χ4v) is 2.92. The minimum atomic E-state index is -0.606. The van der Waals surface area contributed by atoms with Crippen LogP contribution < -0.4 is 4.74 Å². The second kappa shape index (κ2) is 7.42. The van der Waals surface area contributed by atoms with Gasteiger partial charge >= 0.3 is 0 Å². The van der Waals surface area contributed by atoms with Gasteiger partial charge in [-0.05, 0) is 29.7 Å². The van der Waals surface area contributed by atoms with Crippen LogP contribution in [0.3, 0.4) is 0 Å². The molecule has 6 nitrogen and oxygen atoms in total. The lowest BCUT2D eigenvalue weighted by Gasteiger charge is -2.30. The van der Waals surface area contributed by atoms with Crippen LogP contribution in [0.25, 0.3) is 0 Å². The van der Waals surface area contributed by atoms with Gasteiger partial charge in [-0.2, -0.15) is 0 Å². The predicted octanol–water partition coefficient (Wildman–Crippen LogP) is 2.39. The van der Waals surface area contributed by atoms with Crippen molar-refractivity contribution in [2.75, 3.05) is 19.7 Å². The number of nitro benzene ring substituents is 1. The van der Waals surface area contributed by atoms with Crippen LogP contribution in [0, 0.1) is 10.1 Å². The third-order valence-corrected chi connectivity index (χ3v) is 4.17. The monoisotopic (exact) mass is 328 g/mol. The molecule has 1 atom stereocenters. The first-order chi connectivity index (χ1) is 11.6. The van der Waals surface area contributed by atoms with Crippen molar-refractivity contribution in [2.24, 2.45) is 0 Å². The SMILES string of the molecule is O=[N+]([O-])c1ccc(OC[C@H](O)CN2CCc3ccccc3C2)cc1. The Kier molecular flexibility index (Phi) is 5.08. The van der Waals surface area contributed by atoms with Crippen molar-refractivity contribution < 1.29 is 14.8 Å². The van der Waals surface area contributed by atoms with Crippen LogP contribution in [0.4, 0.5) is 5.69 Å². The van der Waals surface area contributed by atoms with Crippen molar-refractivity contribution in [1.82, 2.24) is 4.90 Å². The topological polar surface area (TPSA) is 75.8 Å². The van der Waals surface area contributed by atoms with Crippen molar-refractivity contribution in [3.63, 3.8) is 0 Å². The average Bonchev–Trinajstić information content (AvgIpc) is 2.60. The minimum absolute atomic E-state index is 0.0230. The lowest BCUT2D eigenvalue weighted by Crippen LogP contribution is -2.38. The molecule has 0 amide bonds. The number of nitro groups is 1. The number of hydrogen-bond donors (Lipinski definition) is 1. The molecule has 1 aliphatic heterocycles. The van der Waals surface area contributed by atoms with Gasteiger partial charge in [0.1, 0.15) is 18.5 Å². The van der Waals surface area contributed by atoms with Gasteiger partial charge in [0, 0.05) is 31.8 Å². The lowest BCUT2D eigenvalue weighted by atomic mass is 10.00. The van der Waals surface area contributed by atoms with Crippen LogP contribution in [0.1, 0.15) is 11.1 Å². The molecule has 0 spiro atoms. The molecule has 1 N–H and O–H groups in total. The van der Waals surface area contributed by atoms with Crippen molar-refractivity contribution >= 4 is 5.69 Å². The maximum Gasteiger partial charge on any atom is 0.269 e. The third-order valence-electron chi connectivity index (χ3n) is 4.17. The molecule has 0 fully saturated rings. The first-order valence-corrected chi connectivity index (χ1v) is 7.96. The molecule has 0 saturated heterocycles. The van der Waals surface area contributed by atoms with Gasteiger partial charge in [-0.1, -0.05) is 24.3 Å². The Balaban J connectivity index is 1.48. The molecule has 2 aromatic carbocycles. The minimum Gasteiger partial charge on any atom is -0.491 e. The normalized spacial score (nSPS) is 15.5. The fraction of sp³-hybridized carbons (Fsp3) is 0.333. The molecule has 1 aliphatic rings. The van der Waals surface area contributed by atoms with Gasteiger partial charge in [-0.3, -0.25) is 15.0 Å². The summed E-state index contributed by atoms with van der Waals surface area (Å²) >= 11 is 0. The molecule has 0 radical (unpaired) electrons. The Morgan fingerprint density at radius 1 is 1.17 bits per heavy atom. The van der Waals surface area contributed by atoms with E-state index in [1.165, 1.54) is 23.3 Å². The second-order valence-corrected chi connectivity index (χ2v) is 5.97. The number of hydrogen-bond acceptors (Lipinski definition) is 5. The highest BCUT2D eigenvalue weighted by Gasteiger charge is 2.18. The van der Waals surface area contributed by atoms with Crippen molar-refractivity contribution in [3.05, 3.63) is 69.8 Å². The van der Waals surface area contributed by atoms with Crippen molar-refractivity contribution in [3.8, 4) is 5.75 Å². The molecule has 24 heavy (non-hydrogen) atoms. The van der Waals surface area contributed by atoms with Gasteiger partial charge in [0.2, 0.25) is 0 Å². The quantitative estimate of drug-likeness (QED) is 0.651. The maximum absolute atomic E-state index is 10.6. The van der Waals surface area contributed by atoms with Gasteiger partial charge < -0.3 is 9.84 Å². The number of nitrogens with zero attached hydrogens (tertiary/aromatic N) is 2. The van der Waals surface area contributed by atoms with Gasteiger partial charge in [0.15, 0.2) is 0 Å². The van der Waals surface area contributed by atoms with Crippen molar-refractivity contribution in [2.45, 2.75) is 19.1 Å². The first-order valence-electron chi connectivity index (χ1n) is 7.96. The number of β-amino-alcohol motifs (C(OH)–C–C–N with tert-alkyl or cyclic N) is 1. The molecule has 2 aromatic rings. The van der Waals surface area contributed by atoms with Gasteiger partial charge in [-0.15, -0.1) is 0 Å². The van der Waals surface area contributed by atoms with Gasteiger partial charge in [0.25, 0.3) is 5.69 Å². The van der Waals surface area contributed by atoms with Crippen LogP contribution in [0.5, 0.6) is 5.75 Å². The van der Waals surface area contributed by atoms with Crippen molar-refractivity contribution in [1.29, 1.82) is 0 Å². The molecule has 0 aromatic heterocycles. The van der Waals surface area contributed by atoms with Crippen LogP contribution in [-0.2, 0) is 13.0 Å². The highest BCUT2D eigenvalue weighted by atomic mass is 16.6. The summed E-state index contributed by atoms with van der Waals surface area (Å²) in [6, 6.07) is 14.2. The molecule has 3 rings (SSSR count). The molecule has 6 heteroatoms. The first kappa shape index (κ1) is 16.4. The van der Waals surface area contributed by atoms with Crippen LogP contribution in [0.2, 0.25) is 0 Å². The number of fused-ring (bicyclic) bond motifs is 1. The van der Waals surface area contributed by atoms with E-state index in [1.807, 2.05) is 6.07 Å². The molecule has 0 saturated carbocycles. The number of aliphatic hydroxyl groups is 1. The Labute approximate surface area is 140 Å². The number of benzene rings is 2. The molecule has 0 aliphatic carbocycles. The van der Waals surface area contributed by atoms with E-state index >= 15 is 0 Å². The number of ether oxygens (including phenoxy) is 1. The van der Waals surface area contributed by atoms with E-state index < -0.39 is 11.0 Å². The maximum atomic E-state index is 10.6. The van der Waals surface area contributed by atoms with Crippen LogP contribution in [0.15, 0.2) is 48.5 Å². The zero-order valence-electron chi connectivity index (χ0n) is 13.3. The number of non-ortho nitro benzene ring substituents is 1. The highest BCUT2D eigenvalue weighted by molar-refractivity contribution is 5.36. The largest absolute Gasteiger partial charge is 0.491 e. The lowest BCUT2D eigenvalue weighted by molar-refractivity contribution is -0.384. The summed E-state index contributed by atoms with van der Waals surface area (Å²) in [6.07, 6.45) is 0.386. The molecule has 1 heterocycles. The molecule has 126 valence electrons. The number of aliphatic hydroxyl groups excluding tert-OH is 1. The summed E-state index contributed by atoms with van der Waals surface area (Å²) in [6.45, 7) is 2.47. The van der Waals surface area contributed by atoms with Gasteiger partial charge in [-0.25, -0.2) is 0 Å². The summed E-state index contributed by atoms with van der Waals surface area (Å²) in [4.78, 5) is 12.4. The smallest absolute Gasteiger partial charge is 0.269 e. The Hall–Kier alpha value is -2.44. The second-order valence-electron chi connectivity index (χ2n) is 5.97. The number of rotatable bonds is 6. The average molecular weight is 328 g/mol. The molecular formula is C18H20N2O4. The highest BCUT2D eigenvalue weighted by Crippen LogP contribution is 2.19. The third kappa shape index (κ3) is 4.10. The summed E-state index contributed by atoms with van der Waals surface area (Å²) in [5.41, 5.74) is 2.72. The Morgan fingerprint density at radius 3 is 2.58 bits per heavy atom. The van der Waals surface area contributed by atoms with E-state index in [4.69, 9.17) is 4.74 Å². The van der Waals surface area contributed by atoms with E-state index in [0.717, 1.165) is 19.5 Å². The standard InChI is InChI=1S/C18H20N2O4/c21-17(13-24-18-7-5-16(6-8-18)20(22)23)12-19-10-9-14-3-1-2-4-15(14)11-19/h1-8,17,21H,9-13H2/t17-/m1/s1. The zero-order chi connectivity index (χ0) is 16.9. The van der Waals surface area contributed by atoms with Gasteiger partial charge in [0.05, 0.1) is 4.92 Å². The van der Waals surface area contributed by atoms with E-state index in [1.54, 1.807) is 12.1 Å². The molecule has 0 unspecified atom stereocenters. The summed E-state index contributed by atoms with van der Waals surface area (Å²) in [5, 5.41) is 20.8. The summed E-state index contributed by atoms with van der Waals surface area (Å²) in [5.74, 6) is 0.517. The zero-order valence-corrected chi connectivity index (χ0v) is 13.3. The van der Waals surface area contributed by atoms with E-state index in [0.29, 0.717) is 12.3 Å². The van der Waals surface area contributed by atoms with Crippen LogP contribution >= 0.6 is 0 Å². The summed E-state index contributed by atoms with van der Waals surface area (Å²) < 4.78 is 5.51. The molecular weight excluding hydrogens is 308 g/mol. The summed E-state index contributed by atoms with van der Waals surface area (Å²) in [7, 11) is 0. The Morgan fingerprint density at radius 2 is 1.88 bits per heavy atom.